The molecule has 0 aliphatic carbocycles. The minimum absolute atomic E-state index is 0.184. The number of benzene rings is 2. The van der Waals surface area contributed by atoms with E-state index in [0.29, 0.717) is 41.6 Å². The maximum absolute atomic E-state index is 13.2. The molecule has 13 nitrogen and oxygen atoms in total. The summed E-state index contributed by atoms with van der Waals surface area (Å²) >= 11 is 0. The topological polar surface area (TPSA) is 140 Å². The lowest BCUT2D eigenvalue weighted by atomic mass is 10.1. The Morgan fingerprint density at radius 3 is 2.45 bits per heavy atom. The first-order chi connectivity index (χ1) is 23.1. The summed E-state index contributed by atoms with van der Waals surface area (Å²) in [5.74, 6) is -0.346. The van der Waals surface area contributed by atoms with Crippen molar-refractivity contribution in [3.8, 4) is 17.0 Å². The first-order valence-corrected chi connectivity index (χ1v) is 15.8. The predicted octanol–water partition coefficient (Wildman–Crippen LogP) is 6.38. The van der Waals surface area contributed by atoms with Crippen LogP contribution in [0.1, 0.15) is 45.0 Å². The fourth-order valence-electron chi connectivity index (χ4n) is 5.01. The molecule has 0 atom stereocenters. The summed E-state index contributed by atoms with van der Waals surface area (Å²) in [5.41, 5.74) is 3.22. The van der Waals surface area contributed by atoms with Gasteiger partial charge in [-0.2, -0.15) is 0 Å². The van der Waals surface area contributed by atoms with Crippen molar-refractivity contribution in [2.45, 2.75) is 46.3 Å². The van der Waals surface area contributed by atoms with Crippen LogP contribution in [0.2, 0.25) is 0 Å². The van der Waals surface area contributed by atoms with Gasteiger partial charge in [-0.15, -0.1) is 0 Å². The fourth-order valence-corrected chi connectivity index (χ4v) is 5.01. The number of likely N-dealkylation sites (N-methyl/N-ethyl adjacent to an activating group) is 2. The summed E-state index contributed by atoms with van der Waals surface area (Å²) < 4.78 is 18.7. The van der Waals surface area contributed by atoms with E-state index in [1.165, 1.54) is 24.3 Å². The molecule has 0 spiro atoms. The second-order valence-electron chi connectivity index (χ2n) is 12.8. The molecule has 49 heavy (non-hydrogen) atoms. The largest absolute Gasteiger partial charge is 0.494 e. The summed E-state index contributed by atoms with van der Waals surface area (Å²) in [6, 6.07) is 11.3. The molecule has 2 N–H and O–H groups in total. The molecule has 0 fully saturated rings. The van der Waals surface area contributed by atoms with E-state index in [-0.39, 0.29) is 17.6 Å². The van der Waals surface area contributed by atoms with Crippen molar-refractivity contribution in [1.82, 2.24) is 19.4 Å². The van der Waals surface area contributed by atoms with Crippen LogP contribution < -0.4 is 20.3 Å². The van der Waals surface area contributed by atoms with Gasteiger partial charge in [0.1, 0.15) is 16.9 Å². The zero-order valence-corrected chi connectivity index (χ0v) is 29.6. The first-order valence-electron chi connectivity index (χ1n) is 15.8. The Balaban J connectivity index is 1.73. The Bertz CT molecular complexity index is 1860. The van der Waals surface area contributed by atoms with E-state index in [2.05, 4.69) is 22.2 Å². The molecular formula is C36H45N7O6. The molecule has 2 heterocycles. The third kappa shape index (κ3) is 8.86. The van der Waals surface area contributed by atoms with Crippen molar-refractivity contribution < 1.29 is 28.6 Å². The Labute approximate surface area is 286 Å². The number of hydrogen-bond donors (Lipinski definition) is 2. The van der Waals surface area contributed by atoms with E-state index in [1.54, 1.807) is 33.0 Å². The second kappa shape index (κ2) is 15.1. The van der Waals surface area contributed by atoms with Crippen LogP contribution in [0.15, 0.2) is 61.4 Å². The number of aromatic nitrogens is 3. The fraction of sp³-hybridized carbons (Fsp3) is 0.361. The standard InChI is InChI=1S/C36H45N7O6/c1-11-31(44)38-26-18-27(30(47-10)19-29(26)41(7)16-17-42(8)35(46)49-36(4,5)6)39-34-37-20-24(33(45)48-22(2)3)32(40-34)25-21-43(9)28-15-13-12-14-23(25)28/h11-15,18-22H,1,16-17H2,2-10H3,(H,38,44)(H,37,39,40). The Kier molecular flexibility index (Phi) is 11.2. The van der Waals surface area contributed by atoms with Gasteiger partial charge in [-0.1, -0.05) is 24.8 Å². The van der Waals surface area contributed by atoms with Gasteiger partial charge < -0.3 is 39.2 Å². The van der Waals surface area contributed by atoms with E-state index in [1.807, 2.05) is 74.8 Å². The lowest BCUT2D eigenvalue weighted by Gasteiger charge is -2.28. The van der Waals surface area contributed by atoms with Gasteiger partial charge >= 0.3 is 12.1 Å². The zero-order valence-electron chi connectivity index (χ0n) is 29.6. The summed E-state index contributed by atoms with van der Waals surface area (Å²) in [5, 5.41) is 6.97. The number of aryl methyl sites for hydroxylation is 1. The minimum atomic E-state index is -0.618. The van der Waals surface area contributed by atoms with E-state index >= 15 is 0 Å². The first kappa shape index (κ1) is 36.2. The van der Waals surface area contributed by atoms with Crippen molar-refractivity contribution >= 4 is 51.9 Å². The van der Waals surface area contributed by atoms with Crippen LogP contribution >= 0.6 is 0 Å². The summed E-state index contributed by atoms with van der Waals surface area (Å²) in [4.78, 5) is 50.9. The molecule has 0 saturated heterocycles. The molecule has 0 saturated carbocycles. The average molecular weight is 672 g/mol. The number of fused-ring (bicyclic) bond motifs is 1. The normalized spacial score (nSPS) is 11.2. The van der Waals surface area contributed by atoms with E-state index in [0.717, 1.165) is 16.5 Å². The number of para-hydroxylation sites is 1. The molecule has 2 aromatic heterocycles. The quantitative estimate of drug-likeness (QED) is 0.129. The lowest BCUT2D eigenvalue weighted by Crippen LogP contribution is -2.38. The number of amides is 2. The number of nitrogens with one attached hydrogen (secondary N) is 2. The summed E-state index contributed by atoms with van der Waals surface area (Å²) in [7, 11) is 6.95. The van der Waals surface area contributed by atoms with Crippen LogP contribution in [0.25, 0.3) is 22.2 Å². The molecule has 4 rings (SSSR count). The molecule has 13 heteroatoms. The number of methoxy groups -OCH3 is 1. The second-order valence-corrected chi connectivity index (χ2v) is 12.8. The maximum atomic E-state index is 13.2. The number of carbonyl (C=O) groups is 3. The molecule has 0 bridgehead atoms. The number of ether oxygens (including phenoxy) is 3. The van der Waals surface area contributed by atoms with E-state index in [4.69, 9.17) is 19.2 Å². The van der Waals surface area contributed by atoms with Gasteiger partial charge in [0.15, 0.2) is 0 Å². The number of nitrogens with zero attached hydrogens (tertiary/aromatic N) is 5. The highest BCUT2D eigenvalue weighted by Gasteiger charge is 2.24. The third-order valence-corrected chi connectivity index (χ3v) is 7.40. The molecule has 0 aliphatic heterocycles. The van der Waals surface area contributed by atoms with Gasteiger partial charge in [0.05, 0.1) is 36.0 Å². The number of carbonyl (C=O) groups excluding carboxylic acids is 3. The number of anilines is 4. The van der Waals surface area contributed by atoms with Crippen molar-refractivity contribution in [3.63, 3.8) is 0 Å². The molecule has 2 aromatic carbocycles. The maximum Gasteiger partial charge on any atom is 0.410 e. The van der Waals surface area contributed by atoms with Crippen molar-refractivity contribution in [2.24, 2.45) is 7.05 Å². The minimum Gasteiger partial charge on any atom is -0.494 e. The monoisotopic (exact) mass is 671 g/mol. The van der Waals surface area contributed by atoms with Gasteiger partial charge in [0, 0.05) is 69.2 Å². The lowest BCUT2D eigenvalue weighted by molar-refractivity contribution is -0.111. The molecule has 0 radical (unpaired) electrons. The van der Waals surface area contributed by atoms with Crippen LogP contribution in [-0.4, -0.2) is 83.4 Å². The van der Waals surface area contributed by atoms with Crippen molar-refractivity contribution in [3.05, 3.63) is 67.0 Å². The van der Waals surface area contributed by atoms with Gasteiger partial charge in [-0.05, 0) is 52.8 Å². The van der Waals surface area contributed by atoms with E-state index < -0.39 is 23.6 Å². The SMILES string of the molecule is C=CC(=O)Nc1cc(Nc2ncc(C(=O)OC(C)C)c(-c3cn(C)c4ccccc34)n2)c(OC)cc1N(C)CCN(C)C(=O)OC(C)(C)C. The highest BCUT2D eigenvalue weighted by molar-refractivity contribution is 6.04. The zero-order chi connectivity index (χ0) is 36.0. The summed E-state index contributed by atoms with van der Waals surface area (Å²) in [6.45, 7) is 13.3. The Morgan fingerprint density at radius 2 is 1.80 bits per heavy atom. The number of hydrogen-bond acceptors (Lipinski definition) is 10. The van der Waals surface area contributed by atoms with Gasteiger partial charge in [0.25, 0.3) is 0 Å². The Morgan fingerprint density at radius 1 is 1.08 bits per heavy atom. The van der Waals surface area contributed by atoms with Gasteiger partial charge in [-0.25, -0.2) is 19.6 Å². The van der Waals surface area contributed by atoms with Crippen molar-refractivity contribution in [1.29, 1.82) is 0 Å². The van der Waals surface area contributed by atoms with Crippen LogP contribution in [0.4, 0.5) is 27.8 Å². The number of rotatable bonds is 12. The van der Waals surface area contributed by atoms with Gasteiger partial charge in [-0.3, -0.25) is 4.79 Å². The van der Waals surface area contributed by atoms with Crippen LogP contribution in [0.3, 0.4) is 0 Å². The predicted molar refractivity (Wildman–Crippen MR) is 192 cm³/mol. The van der Waals surface area contributed by atoms with Crippen LogP contribution in [0, 0.1) is 0 Å². The van der Waals surface area contributed by atoms with Crippen molar-refractivity contribution in [2.75, 3.05) is 49.8 Å². The highest BCUT2D eigenvalue weighted by atomic mass is 16.6. The van der Waals surface area contributed by atoms with E-state index in [9.17, 15) is 14.4 Å². The number of esters is 1. The molecule has 2 amide bonds. The molecule has 0 unspecified atom stereocenters. The summed E-state index contributed by atoms with van der Waals surface area (Å²) in [6.07, 6.45) is 3.74. The molecule has 260 valence electrons. The van der Waals surface area contributed by atoms with Crippen LogP contribution in [-0.2, 0) is 21.3 Å². The smallest absolute Gasteiger partial charge is 0.410 e. The highest BCUT2D eigenvalue weighted by Crippen LogP contribution is 2.39. The van der Waals surface area contributed by atoms with Gasteiger partial charge in [0.2, 0.25) is 11.9 Å². The Hall–Kier alpha value is -5.59. The molecular weight excluding hydrogens is 626 g/mol. The average Bonchev–Trinajstić information content (AvgIpc) is 3.38. The third-order valence-electron chi connectivity index (χ3n) is 7.40. The molecule has 0 aliphatic rings. The van der Waals surface area contributed by atoms with Crippen LogP contribution in [0.5, 0.6) is 5.75 Å². The molecule has 4 aromatic rings.